The van der Waals surface area contributed by atoms with E-state index in [1.165, 1.54) is 25.7 Å². The maximum absolute atomic E-state index is 12.6. The standard InChI is InChI=1S/C15H24N4O2/c1-11-15-17-16-13(10-21-2)19(15)8-7-18(11)14(20)9-12-5-3-4-6-12/h11-12H,3-10H2,1-2H3/t11-/m1/s1. The van der Waals surface area contributed by atoms with E-state index in [9.17, 15) is 4.79 Å². The smallest absolute Gasteiger partial charge is 0.223 e. The van der Waals surface area contributed by atoms with E-state index in [4.69, 9.17) is 4.74 Å². The zero-order valence-electron chi connectivity index (χ0n) is 12.9. The van der Waals surface area contributed by atoms with Gasteiger partial charge in [0, 0.05) is 26.6 Å². The van der Waals surface area contributed by atoms with Crippen molar-refractivity contribution < 1.29 is 9.53 Å². The molecular formula is C15H24N4O2. The maximum atomic E-state index is 12.6. The first-order valence-corrected chi connectivity index (χ1v) is 7.91. The highest BCUT2D eigenvalue weighted by Crippen LogP contribution is 2.31. The number of nitrogens with zero attached hydrogens (tertiary/aromatic N) is 4. The van der Waals surface area contributed by atoms with Gasteiger partial charge in [-0.1, -0.05) is 12.8 Å². The van der Waals surface area contributed by atoms with Crippen LogP contribution in [-0.2, 0) is 22.7 Å². The van der Waals surface area contributed by atoms with Crippen LogP contribution < -0.4 is 0 Å². The van der Waals surface area contributed by atoms with Crippen LogP contribution in [0.3, 0.4) is 0 Å². The molecule has 1 aromatic heterocycles. The Kier molecular flexibility index (Phi) is 4.24. The molecule has 6 nitrogen and oxygen atoms in total. The number of aromatic nitrogens is 3. The predicted molar refractivity (Wildman–Crippen MR) is 77.4 cm³/mol. The van der Waals surface area contributed by atoms with Crippen molar-refractivity contribution in [2.75, 3.05) is 13.7 Å². The first-order valence-electron chi connectivity index (χ1n) is 7.91. The molecule has 2 aliphatic rings. The highest BCUT2D eigenvalue weighted by atomic mass is 16.5. The summed E-state index contributed by atoms with van der Waals surface area (Å²) in [5.41, 5.74) is 0. The molecule has 0 N–H and O–H groups in total. The number of fused-ring (bicyclic) bond motifs is 1. The van der Waals surface area contributed by atoms with Crippen LogP contribution in [0.5, 0.6) is 0 Å². The number of hydrogen-bond acceptors (Lipinski definition) is 4. The number of carbonyl (C=O) groups excluding carboxylic acids is 1. The summed E-state index contributed by atoms with van der Waals surface area (Å²) in [5.74, 6) is 2.60. The molecule has 1 aliphatic carbocycles. The largest absolute Gasteiger partial charge is 0.377 e. The summed E-state index contributed by atoms with van der Waals surface area (Å²) in [6, 6.07) is 0.00533. The van der Waals surface area contributed by atoms with Crippen molar-refractivity contribution in [3.63, 3.8) is 0 Å². The molecule has 0 saturated heterocycles. The molecule has 0 radical (unpaired) electrons. The Morgan fingerprint density at radius 2 is 2.05 bits per heavy atom. The maximum Gasteiger partial charge on any atom is 0.223 e. The number of hydrogen-bond donors (Lipinski definition) is 0. The van der Waals surface area contributed by atoms with Crippen molar-refractivity contribution >= 4 is 5.91 Å². The average Bonchev–Trinajstić information content (AvgIpc) is 3.10. The van der Waals surface area contributed by atoms with E-state index in [-0.39, 0.29) is 11.9 Å². The van der Waals surface area contributed by atoms with Crippen LogP contribution in [0, 0.1) is 5.92 Å². The third kappa shape index (κ3) is 2.81. The fourth-order valence-corrected chi connectivity index (χ4v) is 3.60. The first-order chi connectivity index (χ1) is 10.2. The van der Waals surface area contributed by atoms with Gasteiger partial charge in [0.15, 0.2) is 11.6 Å². The molecule has 6 heteroatoms. The summed E-state index contributed by atoms with van der Waals surface area (Å²) in [5, 5.41) is 8.44. The quantitative estimate of drug-likeness (QED) is 0.850. The summed E-state index contributed by atoms with van der Waals surface area (Å²) < 4.78 is 7.24. The normalized spacial score (nSPS) is 22.6. The minimum atomic E-state index is 0.00533. The van der Waals surface area contributed by atoms with Crippen molar-refractivity contribution in [1.29, 1.82) is 0 Å². The molecule has 1 aliphatic heterocycles. The van der Waals surface area contributed by atoms with Gasteiger partial charge in [0.1, 0.15) is 6.61 Å². The number of rotatable bonds is 4. The SMILES string of the molecule is COCc1nnc2n1CCN(C(=O)CC1CCCC1)[C@@H]2C. The zero-order valence-corrected chi connectivity index (χ0v) is 12.9. The third-order valence-corrected chi connectivity index (χ3v) is 4.79. The Bertz CT molecular complexity index is 508. The minimum Gasteiger partial charge on any atom is -0.377 e. The Morgan fingerprint density at radius 1 is 1.29 bits per heavy atom. The third-order valence-electron chi connectivity index (χ3n) is 4.79. The van der Waals surface area contributed by atoms with Crippen LogP contribution in [-0.4, -0.2) is 39.2 Å². The van der Waals surface area contributed by atoms with Gasteiger partial charge in [0.05, 0.1) is 6.04 Å². The van der Waals surface area contributed by atoms with Gasteiger partial charge in [0.2, 0.25) is 5.91 Å². The molecule has 3 rings (SSSR count). The molecule has 1 atom stereocenters. The second-order valence-electron chi connectivity index (χ2n) is 6.18. The Hall–Kier alpha value is -1.43. The molecule has 116 valence electrons. The molecular weight excluding hydrogens is 268 g/mol. The average molecular weight is 292 g/mol. The highest BCUT2D eigenvalue weighted by molar-refractivity contribution is 5.77. The van der Waals surface area contributed by atoms with Crippen LogP contribution in [0.1, 0.15) is 56.7 Å². The lowest BCUT2D eigenvalue weighted by molar-refractivity contribution is -0.135. The topological polar surface area (TPSA) is 60.3 Å². The van der Waals surface area contributed by atoms with E-state index in [1.54, 1.807) is 7.11 Å². The fourth-order valence-electron chi connectivity index (χ4n) is 3.60. The summed E-state index contributed by atoms with van der Waals surface area (Å²) >= 11 is 0. The van der Waals surface area contributed by atoms with Gasteiger partial charge in [-0.3, -0.25) is 4.79 Å². The molecule has 0 spiro atoms. The van der Waals surface area contributed by atoms with E-state index in [0.29, 0.717) is 18.9 Å². The molecule has 2 heterocycles. The van der Waals surface area contributed by atoms with E-state index in [0.717, 1.165) is 24.7 Å². The van der Waals surface area contributed by atoms with E-state index in [1.807, 2.05) is 11.8 Å². The Morgan fingerprint density at radius 3 is 2.76 bits per heavy atom. The van der Waals surface area contributed by atoms with E-state index < -0.39 is 0 Å². The fraction of sp³-hybridized carbons (Fsp3) is 0.800. The summed E-state index contributed by atoms with van der Waals surface area (Å²) in [7, 11) is 1.66. The Labute approximate surface area is 125 Å². The lowest BCUT2D eigenvalue weighted by Gasteiger charge is -2.34. The molecule has 1 fully saturated rings. The lowest BCUT2D eigenvalue weighted by Crippen LogP contribution is -2.42. The molecule has 21 heavy (non-hydrogen) atoms. The van der Waals surface area contributed by atoms with Crippen molar-refractivity contribution in [3.05, 3.63) is 11.6 Å². The van der Waals surface area contributed by atoms with Crippen LogP contribution in [0.25, 0.3) is 0 Å². The van der Waals surface area contributed by atoms with Crippen molar-refractivity contribution in [3.8, 4) is 0 Å². The van der Waals surface area contributed by atoms with Crippen molar-refractivity contribution in [2.24, 2.45) is 5.92 Å². The van der Waals surface area contributed by atoms with Gasteiger partial charge in [-0.25, -0.2) is 0 Å². The van der Waals surface area contributed by atoms with Gasteiger partial charge >= 0.3 is 0 Å². The van der Waals surface area contributed by atoms with Crippen LogP contribution in [0.2, 0.25) is 0 Å². The lowest BCUT2D eigenvalue weighted by atomic mass is 10.0. The molecule has 0 bridgehead atoms. The highest BCUT2D eigenvalue weighted by Gasteiger charge is 2.32. The molecule has 1 aromatic rings. The molecule has 0 aromatic carbocycles. The van der Waals surface area contributed by atoms with E-state index in [2.05, 4.69) is 14.8 Å². The van der Waals surface area contributed by atoms with Crippen LogP contribution in [0.4, 0.5) is 0 Å². The van der Waals surface area contributed by atoms with Gasteiger partial charge in [-0.2, -0.15) is 0 Å². The van der Waals surface area contributed by atoms with Crippen molar-refractivity contribution in [2.45, 2.75) is 58.2 Å². The van der Waals surface area contributed by atoms with Gasteiger partial charge in [0.25, 0.3) is 0 Å². The summed E-state index contributed by atoms with van der Waals surface area (Å²) in [4.78, 5) is 14.5. The Balaban J connectivity index is 1.69. The second-order valence-corrected chi connectivity index (χ2v) is 6.18. The summed E-state index contributed by atoms with van der Waals surface area (Å²) in [6.07, 6.45) is 5.68. The molecule has 1 saturated carbocycles. The van der Waals surface area contributed by atoms with Gasteiger partial charge < -0.3 is 14.2 Å². The number of amides is 1. The number of carbonyl (C=O) groups is 1. The monoisotopic (exact) mass is 292 g/mol. The summed E-state index contributed by atoms with van der Waals surface area (Å²) in [6.45, 7) is 4.02. The van der Waals surface area contributed by atoms with E-state index >= 15 is 0 Å². The minimum absolute atomic E-state index is 0.00533. The number of methoxy groups -OCH3 is 1. The van der Waals surface area contributed by atoms with Gasteiger partial charge in [-0.05, 0) is 25.7 Å². The van der Waals surface area contributed by atoms with Crippen LogP contribution in [0.15, 0.2) is 0 Å². The number of ether oxygens (including phenoxy) is 1. The predicted octanol–water partition coefficient (Wildman–Crippen LogP) is 1.91. The molecule has 1 amide bonds. The van der Waals surface area contributed by atoms with Gasteiger partial charge in [-0.15, -0.1) is 10.2 Å². The van der Waals surface area contributed by atoms with Crippen LogP contribution >= 0.6 is 0 Å². The first kappa shape index (κ1) is 14.5. The molecule has 0 unspecified atom stereocenters. The zero-order chi connectivity index (χ0) is 14.8. The second kappa shape index (κ2) is 6.13. The van der Waals surface area contributed by atoms with Crippen molar-refractivity contribution in [1.82, 2.24) is 19.7 Å².